The summed E-state index contributed by atoms with van der Waals surface area (Å²) in [5.41, 5.74) is 2.90. The third kappa shape index (κ3) is 1.38. The third-order valence-electron chi connectivity index (χ3n) is 2.80. The zero-order chi connectivity index (χ0) is 11.2. The second-order valence-corrected chi connectivity index (χ2v) is 3.80. The molecule has 0 radical (unpaired) electrons. The second kappa shape index (κ2) is 3.08. The lowest BCUT2D eigenvalue weighted by molar-refractivity contribution is -0.385. The van der Waals surface area contributed by atoms with E-state index in [1.54, 1.807) is 13.0 Å². The van der Waals surface area contributed by atoms with Crippen molar-refractivity contribution in [2.45, 2.75) is 13.8 Å². The average Bonchev–Trinajstić information content (AvgIpc) is 2.41. The third-order valence-corrected chi connectivity index (χ3v) is 2.80. The minimum Gasteiger partial charge on any atom is -0.348 e. The lowest BCUT2D eigenvalue weighted by Gasteiger charge is -2.00. The molecule has 0 aliphatic carbocycles. The van der Waals surface area contributed by atoms with Gasteiger partial charge in [0.25, 0.3) is 5.69 Å². The summed E-state index contributed by atoms with van der Waals surface area (Å²) in [6, 6.07) is 5.53. The van der Waals surface area contributed by atoms with Crippen LogP contribution in [0, 0.1) is 24.0 Å². The first-order valence-corrected chi connectivity index (χ1v) is 4.72. The molecule has 0 spiro atoms. The van der Waals surface area contributed by atoms with Crippen molar-refractivity contribution in [2.24, 2.45) is 7.05 Å². The molecule has 4 nitrogen and oxygen atoms in total. The summed E-state index contributed by atoms with van der Waals surface area (Å²) in [4.78, 5) is 10.4. The Morgan fingerprint density at radius 1 is 1.27 bits per heavy atom. The van der Waals surface area contributed by atoms with E-state index in [-0.39, 0.29) is 10.6 Å². The van der Waals surface area contributed by atoms with E-state index in [1.807, 2.05) is 30.7 Å². The lowest BCUT2D eigenvalue weighted by Crippen LogP contribution is -1.94. The zero-order valence-corrected chi connectivity index (χ0v) is 8.94. The van der Waals surface area contributed by atoms with Gasteiger partial charge in [0.05, 0.1) is 10.4 Å². The number of hydrogen-bond acceptors (Lipinski definition) is 2. The predicted octanol–water partition coefficient (Wildman–Crippen LogP) is 2.70. The molecular weight excluding hydrogens is 192 g/mol. The topological polar surface area (TPSA) is 48.1 Å². The molecule has 0 aliphatic heterocycles. The van der Waals surface area contributed by atoms with Gasteiger partial charge >= 0.3 is 0 Å². The summed E-state index contributed by atoms with van der Waals surface area (Å²) < 4.78 is 1.96. The fourth-order valence-corrected chi connectivity index (χ4v) is 1.82. The van der Waals surface area contributed by atoms with Gasteiger partial charge in [0.2, 0.25) is 0 Å². The molecule has 0 unspecified atom stereocenters. The molecule has 78 valence electrons. The van der Waals surface area contributed by atoms with Crippen LogP contribution in [0.25, 0.3) is 10.9 Å². The van der Waals surface area contributed by atoms with E-state index in [1.165, 1.54) is 0 Å². The van der Waals surface area contributed by atoms with Gasteiger partial charge in [-0.3, -0.25) is 10.1 Å². The van der Waals surface area contributed by atoms with Crippen molar-refractivity contribution in [3.63, 3.8) is 0 Å². The van der Waals surface area contributed by atoms with E-state index in [0.717, 1.165) is 16.6 Å². The van der Waals surface area contributed by atoms with Gasteiger partial charge in [0.1, 0.15) is 0 Å². The van der Waals surface area contributed by atoms with Crippen molar-refractivity contribution < 1.29 is 4.92 Å². The first-order chi connectivity index (χ1) is 7.00. The molecule has 2 aromatic rings. The Morgan fingerprint density at radius 3 is 2.53 bits per heavy atom. The van der Waals surface area contributed by atoms with Gasteiger partial charge in [-0.2, -0.15) is 0 Å². The van der Waals surface area contributed by atoms with Gasteiger partial charge in [0, 0.05) is 29.8 Å². The fraction of sp³-hybridized carbons (Fsp3) is 0.273. The quantitative estimate of drug-likeness (QED) is 0.529. The number of aromatic nitrogens is 1. The highest BCUT2D eigenvalue weighted by molar-refractivity contribution is 5.84. The maximum Gasteiger partial charge on any atom is 0.274 e. The molecule has 1 aromatic heterocycles. The van der Waals surface area contributed by atoms with Crippen molar-refractivity contribution in [2.75, 3.05) is 0 Å². The van der Waals surface area contributed by atoms with E-state index in [0.29, 0.717) is 5.56 Å². The smallest absolute Gasteiger partial charge is 0.274 e. The number of aryl methyl sites for hydroxylation is 3. The summed E-state index contributed by atoms with van der Waals surface area (Å²) in [7, 11) is 1.91. The van der Waals surface area contributed by atoms with Crippen molar-refractivity contribution in [3.8, 4) is 0 Å². The molecule has 2 rings (SSSR count). The van der Waals surface area contributed by atoms with Crippen LogP contribution in [0.15, 0.2) is 18.2 Å². The summed E-state index contributed by atoms with van der Waals surface area (Å²) in [6.45, 7) is 3.75. The minimum atomic E-state index is -0.336. The van der Waals surface area contributed by atoms with Crippen LogP contribution in [0.5, 0.6) is 0 Å². The van der Waals surface area contributed by atoms with Crippen LogP contribution in [0.1, 0.15) is 11.3 Å². The first-order valence-electron chi connectivity index (χ1n) is 4.72. The molecule has 0 amide bonds. The number of fused-ring (bicyclic) bond motifs is 1. The van der Waals surface area contributed by atoms with Gasteiger partial charge in [-0.05, 0) is 26.0 Å². The van der Waals surface area contributed by atoms with Crippen LogP contribution in [-0.2, 0) is 7.05 Å². The van der Waals surface area contributed by atoms with E-state index in [4.69, 9.17) is 0 Å². The van der Waals surface area contributed by atoms with Gasteiger partial charge in [0.15, 0.2) is 0 Å². The van der Waals surface area contributed by atoms with E-state index < -0.39 is 0 Å². The molecule has 1 aromatic carbocycles. The van der Waals surface area contributed by atoms with Crippen LogP contribution < -0.4 is 0 Å². The molecule has 0 fully saturated rings. The van der Waals surface area contributed by atoms with Crippen molar-refractivity contribution >= 4 is 16.6 Å². The largest absolute Gasteiger partial charge is 0.348 e. The molecule has 0 atom stereocenters. The van der Waals surface area contributed by atoms with Gasteiger partial charge in [-0.15, -0.1) is 0 Å². The Kier molecular flexibility index (Phi) is 2.00. The minimum absolute atomic E-state index is 0.184. The number of nitro benzene ring substituents is 1. The van der Waals surface area contributed by atoms with Crippen LogP contribution in [0.4, 0.5) is 5.69 Å². The Bertz CT molecular complexity index is 555. The molecule has 0 bridgehead atoms. The molecule has 0 saturated heterocycles. The molecule has 0 saturated carbocycles. The number of nitro groups is 1. The predicted molar refractivity (Wildman–Crippen MR) is 59.0 cm³/mol. The maximum absolute atomic E-state index is 10.8. The second-order valence-electron chi connectivity index (χ2n) is 3.80. The van der Waals surface area contributed by atoms with Crippen molar-refractivity contribution in [1.82, 2.24) is 4.57 Å². The first kappa shape index (κ1) is 9.71. The monoisotopic (exact) mass is 204 g/mol. The average molecular weight is 204 g/mol. The Balaban J connectivity index is 2.83. The molecule has 0 N–H and O–H groups in total. The standard InChI is InChI=1S/C11H12N2O2/c1-7-4-9-5-8(2)12(3)11(9)6-10(7)13(14)15/h4-6H,1-3H3. The fourth-order valence-electron chi connectivity index (χ4n) is 1.82. The van der Waals surface area contributed by atoms with Gasteiger partial charge in [-0.1, -0.05) is 0 Å². The Hall–Kier alpha value is -1.84. The molecule has 15 heavy (non-hydrogen) atoms. The normalized spacial score (nSPS) is 10.9. The molecule has 4 heteroatoms. The van der Waals surface area contributed by atoms with Gasteiger partial charge < -0.3 is 4.57 Å². The van der Waals surface area contributed by atoms with Crippen LogP contribution in [0.2, 0.25) is 0 Å². The van der Waals surface area contributed by atoms with Gasteiger partial charge in [-0.25, -0.2) is 0 Å². The van der Waals surface area contributed by atoms with Crippen molar-refractivity contribution in [1.29, 1.82) is 0 Å². The highest BCUT2D eigenvalue weighted by Crippen LogP contribution is 2.26. The van der Waals surface area contributed by atoms with E-state index in [2.05, 4.69) is 0 Å². The summed E-state index contributed by atoms with van der Waals surface area (Å²) in [5, 5.41) is 11.8. The summed E-state index contributed by atoms with van der Waals surface area (Å²) in [6.07, 6.45) is 0. The highest BCUT2D eigenvalue weighted by Gasteiger charge is 2.13. The zero-order valence-electron chi connectivity index (χ0n) is 8.94. The molecular formula is C11H12N2O2. The van der Waals surface area contributed by atoms with Crippen LogP contribution >= 0.6 is 0 Å². The number of benzene rings is 1. The Labute approximate surface area is 87.3 Å². The SMILES string of the molecule is Cc1cc2cc(C)n(C)c2cc1[N+](=O)[O-]. The number of nitrogens with zero attached hydrogens (tertiary/aromatic N) is 2. The summed E-state index contributed by atoms with van der Waals surface area (Å²) in [5.74, 6) is 0. The van der Waals surface area contributed by atoms with E-state index >= 15 is 0 Å². The van der Waals surface area contributed by atoms with Crippen molar-refractivity contribution in [3.05, 3.63) is 39.6 Å². The molecule has 1 heterocycles. The van der Waals surface area contributed by atoms with Crippen LogP contribution in [-0.4, -0.2) is 9.49 Å². The number of hydrogen-bond donors (Lipinski definition) is 0. The molecule has 0 aliphatic rings. The maximum atomic E-state index is 10.8. The Morgan fingerprint density at radius 2 is 1.93 bits per heavy atom. The van der Waals surface area contributed by atoms with E-state index in [9.17, 15) is 10.1 Å². The highest BCUT2D eigenvalue weighted by atomic mass is 16.6. The van der Waals surface area contributed by atoms with Crippen LogP contribution in [0.3, 0.4) is 0 Å². The number of rotatable bonds is 1. The lowest BCUT2D eigenvalue weighted by atomic mass is 10.1. The summed E-state index contributed by atoms with van der Waals surface area (Å²) >= 11 is 0.